The number of aliphatic hydroxyl groups is 1. The average Bonchev–Trinajstić information content (AvgIpc) is 3.41. The first-order valence-corrected chi connectivity index (χ1v) is 14.0. The highest BCUT2D eigenvalue weighted by Crippen LogP contribution is 2.31. The third kappa shape index (κ3) is 6.63. The first-order chi connectivity index (χ1) is 18.4. The summed E-state index contributed by atoms with van der Waals surface area (Å²) in [6.07, 6.45) is 4.98. The number of amides is 1. The van der Waals surface area contributed by atoms with Crippen molar-refractivity contribution in [3.63, 3.8) is 0 Å². The van der Waals surface area contributed by atoms with Crippen LogP contribution in [0.1, 0.15) is 43.2 Å². The van der Waals surface area contributed by atoms with E-state index in [2.05, 4.69) is 27.9 Å². The van der Waals surface area contributed by atoms with Crippen LogP contribution in [0, 0.1) is 17.6 Å². The molecule has 0 bridgehead atoms. The standard InChI is InChI=1S/C27H41F2N5O4/c1-33-7-5-18(10-24(33)32-19-3-2-4-19)27(36)31-11-20(35)13-34-8-6-17-9-23(26(29)25(28)22(17)14-34)37-15-21-12-30-16-38-21/h9,18-21,24,30,32,35H,2-8,10-16H2,1H3,(H,31,36)/t18?,20-,21?,24?/m0/s1. The lowest BCUT2D eigenvalue weighted by Gasteiger charge is -2.41. The zero-order valence-electron chi connectivity index (χ0n) is 22.2. The number of carbonyl (C=O) groups excluding carboxylic acids is 1. The van der Waals surface area contributed by atoms with Gasteiger partial charge in [0, 0.05) is 56.8 Å². The molecule has 3 unspecified atom stereocenters. The Balaban J connectivity index is 1.08. The van der Waals surface area contributed by atoms with Crippen molar-refractivity contribution in [2.24, 2.45) is 5.92 Å². The van der Waals surface area contributed by atoms with Gasteiger partial charge in [-0.2, -0.15) is 4.39 Å². The van der Waals surface area contributed by atoms with Crippen molar-refractivity contribution in [2.45, 2.75) is 69.5 Å². The second-order valence-electron chi connectivity index (χ2n) is 11.2. The Morgan fingerprint density at radius 2 is 2.13 bits per heavy atom. The van der Waals surface area contributed by atoms with Gasteiger partial charge in [0.15, 0.2) is 11.6 Å². The number of aliphatic hydroxyl groups excluding tert-OH is 1. The van der Waals surface area contributed by atoms with E-state index in [1.54, 1.807) is 6.07 Å². The Kier molecular flexibility index (Phi) is 9.12. The zero-order valence-corrected chi connectivity index (χ0v) is 22.2. The van der Waals surface area contributed by atoms with E-state index in [1.165, 1.54) is 19.3 Å². The number of fused-ring (bicyclic) bond motifs is 1. The summed E-state index contributed by atoms with van der Waals surface area (Å²) in [6.45, 7) is 3.26. The minimum absolute atomic E-state index is 0.0269. The van der Waals surface area contributed by atoms with Gasteiger partial charge in [-0.25, -0.2) is 4.39 Å². The van der Waals surface area contributed by atoms with Crippen LogP contribution in [0.15, 0.2) is 6.07 Å². The minimum atomic E-state index is -0.993. The number of nitrogens with zero attached hydrogens (tertiary/aromatic N) is 2. The number of β-amino-alcohol motifs (C(OH)–C–C–N with tert-alkyl or cyclic N) is 1. The average molecular weight is 538 g/mol. The highest BCUT2D eigenvalue weighted by Gasteiger charge is 2.33. The maximum absolute atomic E-state index is 14.9. The van der Waals surface area contributed by atoms with E-state index < -0.39 is 17.7 Å². The van der Waals surface area contributed by atoms with Crippen molar-refractivity contribution in [3.8, 4) is 5.75 Å². The summed E-state index contributed by atoms with van der Waals surface area (Å²) < 4.78 is 40.5. The Morgan fingerprint density at radius 3 is 2.87 bits per heavy atom. The second kappa shape index (κ2) is 12.5. The number of hydrogen-bond donors (Lipinski definition) is 4. The summed E-state index contributed by atoms with van der Waals surface area (Å²) in [6, 6.07) is 2.14. The number of carbonyl (C=O) groups is 1. The van der Waals surface area contributed by atoms with Gasteiger partial charge in [0.1, 0.15) is 12.7 Å². The number of ether oxygens (including phenoxy) is 2. The summed E-state index contributed by atoms with van der Waals surface area (Å²) >= 11 is 0. The number of nitrogens with one attached hydrogen (secondary N) is 3. The number of hydrogen-bond acceptors (Lipinski definition) is 8. The van der Waals surface area contributed by atoms with Crippen LogP contribution < -0.4 is 20.7 Å². The fraction of sp³-hybridized carbons (Fsp3) is 0.741. The predicted octanol–water partition coefficient (Wildman–Crippen LogP) is 0.935. The number of rotatable bonds is 10. The van der Waals surface area contributed by atoms with E-state index in [0.29, 0.717) is 37.8 Å². The van der Waals surface area contributed by atoms with Gasteiger partial charge in [-0.3, -0.25) is 25.2 Å². The van der Waals surface area contributed by atoms with Gasteiger partial charge in [-0.05, 0) is 50.8 Å². The lowest BCUT2D eigenvalue weighted by molar-refractivity contribution is -0.127. The molecule has 212 valence electrons. The Morgan fingerprint density at radius 1 is 1.29 bits per heavy atom. The largest absolute Gasteiger partial charge is 0.488 e. The number of piperidine rings is 1. The first kappa shape index (κ1) is 27.7. The van der Waals surface area contributed by atoms with E-state index in [-0.39, 0.29) is 56.1 Å². The molecule has 1 aliphatic carbocycles. The van der Waals surface area contributed by atoms with Crippen LogP contribution in [-0.2, 0) is 22.5 Å². The fourth-order valence-electron chi connectivity index (χ4n) is 5.76. The van der Waals surface area contributed by atoms with Crippen LogP contribution in [0.5, 0.6) is 5.75 Å². The summed E-state index contributed by atoms with van der Waals surface area (Å²) in [5.74, 6) is -2.09. The van der Waals surface area contributed by atoms with Crippen LogP contribution in [0.3, 0.4) is 0 Å². The maximum atomic E-state index is 14.9. The summed E-state index contributed by atoms with van der Waals surface area (Å²) in [5.41, 5.74) is 1.02. The van der Waals surface area contributed by atoms with Gasteiger partial charge in [0.25, 0.3) is 0 Å². The van der Waals surface area contributed by atoms with E-state index in [0.717, 1.165) is 24.9 Å². The van der Waals surface area contributed by atoms with Crippen LogP contribution >= 0.6 is 0 Å². The molecule has 1 amide bonds. The van der Waals surface area contributed by atoms with E-state index >= 15 is 0 Å². The molecule has 0 radical (unpaired) electrons. The van der Waals surface area contributed by atoms with Crippen molar-refractivity contribution in [3.05, 3.63) is 28.8 Å². The highest BCUT2D eigenvalue weighted by molar-refractivity contribution is 5.78. The van der Waals surface area contributed by atoms with Gasteiger partial charge >= 0.3 is 0 Å². The third-order valence-electron chi connectivity index (χ3n) is 8.42. The number of benzene rings is 1. The second-order valence-corrected chi connectivity index (χ2v) is 11.2. The van der Waals surface area contributed by atoms with E-state index in [9.17, 15) is 18.7 Å². The van der Waals surface area contributed by atoms with E-state index in [4.69, 9.17) is 9.47 Å². The Hall–Kier alpha value is -1.89. The van der Waals surface area contributed by atoms with Gasteiger partial charge in [-0.1, -0.05) is 6.42 Å². The normalized spacial score (nSPS) is 27.5. The van der Waals surface area contributed by atoms with Crippen LogP contribution in [-0.4, -0.2) is 98.3 Å². The molecule has 1 saturated carbocycles. The van der Waals surface area contributed by atoms with Crippen LogP contribution in [0.25, 0.3) is 0 Å². The molecule has 3 aliphatic heterocycles. The molecule has 4 N–H and O–H groups in total. The molecule has 0 aromatic heterocycles. The van der Waals surface area contributed by atoms with Gasteiger partial charge in [-0.15, -0.1) is 0 Å². The Bertz CT molecular complexity index is 975. The molecule has 38 heavy (non-hydrogen) atoms. The minimum Gasteiger partial charge on any atom is -0.488 e. The smallest absolute Gasteiger partial charge is 0.223 e. The predicted molar refractivity (Wildman–Crippen MR) is 138 cm³/mol. The molecule has 3 heterocycles. The molecular weight excluding hydrogens is 496 g/mol. The monoisotopic (exact) mass is 537 g/mol. The molecule has 4 aliphatic rings. The van der Waals surface area contributed by atoms with Crippen molar-refractivity contribution >= 4 is 5.91 Å². The third-order valence-corrected chi connectivity index (χ3v) is 8.42. The molecule has 1 aromatic carbocycles. The molecule has 9 nitrogen and oxygen atoms in total. The molecular formula is C27H41F2N5O4. The maximum Gasteiger partial charge on any atom is 0.223 e. The molecule has 2 saturated heterocycles. The SMILES string of the molecule is CN1CCC(C(=O)NC[C@H](O)CN2CCc3cc(OCC4CNCO4)c(F)c(F)c3C2)CC1NC1CCC1. The quantitative estimate of drug-likeness (QED) is 0.350. The lowest BCUT2D eigenvalue weighted by atomic mass is 9.89. The zero-order chi connectivity index (χ0) is 26.6. The molecule has 11 heteroatoms. The molecule has 4 atom stereocenters. The number of likely N-dealkylation sites (tertiary alicyclic amines) is 1. The summed E-state index contributed by atoms with van der Waals surface area (Å²) in [4.78, 5) is 17.0. The molecule has 0 spiro atoms. The van der Waals surface area contributed by atoms with Gasteiger partial charge in [0.05, 0.1) is 19.0 Å². The summed E-state index contributed by atoms with van der Waals surface area (Å²) in [7, 11) is 2.09. The van der Waals surface area contributed by atoms with Crippen molar-refractivity contribution in [1.82, 2.24) is 25.8 Å². The van der Waals surface area contributed by atoms with Crippen molar-refractivity contribution in [2.75, 3.05) is 53.1 Å². The van der Waals surface area contributed by atoms with E-state index in [1.807, 2.05) is 4.90 Å². The number of halogens is 2. The van der Waals surface area contributed by atoms with Crippen LogP contribution in [0.4, 0.5) is 8.78 Å². The van der Waals surface area contributed by atoms with Gasteiger partial charge < -0.3 is 19.9 Å². The molecule has 1 aromatic rings. The molecule has 5 rings (SSSR count). The molecule has 3 fully saturated rings. The topological polar surface area (TPSA) is 98.3 Å². The lowest BCUT2D eigenvalue weighted by Crippen LogP contribution is -2.55. The summed E-state index contributed by atoms with van der Waals surface area (Å²) in [5, 5.41) is 20.2. The van der Waals surface area contributed by atoms with Crippen LogP contribution in [0.2, 0.25) is 0 Å². The fourth-order valence-corrected chi connectivity index (χ4v) is 5.76. The van der Waals surface area contributed by atoms with Crippen molar-refractivity contribution in [1.29, 1.82) is 0 Å². The van der Waals surface area contributed by atoms with Crippen molar-refractivity contribution < 1.29 is 28.2 Å². The Labute approximate surface area is 223 Å². The first-order valence-electron chi connectivity index (χ1n) is 14.0. The van der Waals surface area contributed by atoms with Gasteiger partial charge in [0.2, 0.25) is 11.7 Å². The highest BCUT2D eigenvalue weighted by atomic mass is 19.2.